The van der Waals surface area contributed by atoms with E-state index in [1.54, 1.807) is 0 Å². The number of hydrogen-bond donors (Lipinski definition) is 1. The molecule has 20 heavy (non-hydrogen) atoms. The fourth-order valence-corrected chi connectivity index (χ4v) is 7.25. The van der Waals surface area contributed by atoms with Gasteiger partial charge in [-0.15, -0.1) is 0 Å². The normalized spacial score (nSPS) is 45.8. The largest absolute Gasteiger partial charge is 0.381 e. The molecule has 5 aliphatic rings. The third kappa shape index (κ3) is 2.55. The quantitative estimate of drug-likeness (QED) is 0.863. The summed E-state index contributed by atoms with van der Waals surface area (Å²) in [4.78, 5) is 0. The number of hydrogen-bond acceptors (Lipinski definition) is 3. The van der Waals surface area contributed by atoms with Crippen LogP contribution in [-0.2, 0) is 4.74 Å². The van der Waals surface area contributed by atoms with Crippen molar-refractivity contribution in [1.82, 2.24) is 0 Å². The highest BCUT2D eigenvalue weighted by Crippen LogP contribution is 2.61. The second kappa shape index (κ2) is 5.48. The van der Waals surface area contributed by atoms with Crippen LogP contribution in [0, 0.1) is 23.2 Å². The molecule has 5 rings (SSSR count). The van der Waals surface area contributed by atoms with Gasteiger partial charge in [-0.1, -0.05) is 0 Å². The predicted octanol–water partition coefficient (Wildman–Crippen LogP) is 3.44. The molecule has 2 nitrogen and oxygen atoms in total. The molecule has 4 bridgehead atoms. The molecule has 3 heteroatoms. The van der Waals surface area contributed by atoms with Gasteiger partial charge in [-0.3, -0.25) is 0 Å². The number of thioether (sulfide) groups is 1. The Bertz CT molecular complexity index is 318. The van der Waals surface area contributed by atoms with Gasteiger partial charge in [0.25, 0.3) is 0 Å². The van der Waals surface area contributed by atoms with Crippen molar-refractivity contribution in [1.29, 1.82) is 0 Å². The Morgan fingerprint density at radius 1 is 1.00 bits per heavy atom. The Kier molecular flexibility index (Phi) is 3.81. The zero-order chi connectivity index (χ0) is 13.6. The monoisotopic (exact) mass is 295 g/mol. The average molecular weight is 295 g/mol. The molecule has 0 aromatic heterocycles. The van der Waals surface area contributed by atoms with Crippen LogP contribution in [0.2, 0.25) is 0 Å². The first kappa shape index (κ1) is 13.9. The van der Waals surface area contributed by atoms with E-state index in [2.05, 4.69) is 11.8 Å². The lowest BCUT2D eigenvalue weighted by atomic mass is 9.48. The van der Waals surface area contributed by atoms with E-state index in [-0.39, 0.29) is 0 Å². The fraction of sp³-hybridized carbons (Fsp3) is 1.00. The van der Waals surface area contributed by atoms with E-state index in [1.807, 2.05) is 0 Å². The highest BCUT2D eigenvalue weighted by molar-refractivity contribution is 7.99. The van der Waals surface area contributed by atoms with Gasteiger partial charge >= 0.3 is 0 Å². The van der Waals surface area contributed by atoms with E-state index in [0.717, 1.165) is 36.2 Å². The van der Waals surface area contributed by atoms with Crippen LogP contribution in [0.3, 0.4) is 0 Å². The third-order valence-corrected chi connectivity index (χ3v) is 8.05. The van der Waals surface area contributed by atoms with Gasteiger partial charge in [0, 0.05) is 30.3 Å². The molecule has 0 aromatic carbocycles. The Morgan fingerprint density at radius 2 is 1.55 bits per heavy atom. The highest BCUT2D eigenvalue weighted by atomic mass is 32.2. The summed E-state index contributed by atoms with van der Waals surface area (Å²) in [5, 5.41) is 0.809. The summed E-state index contributed by atoms with van der Waals surface area (Å²) < 4.78 is 5.46. The van der Waals surface area contributed by atoms with E-state index in [4.69, 9.17) is 10.5 Å². The van der Waals surface area contributed by atoms with Gasteiger partial charge in [-0.25, -0.2) is 0 Å². The van der Waals surface area contributed by atoms with Crippen LogP contribution in [0.25, 0.3) is 0 Å². The van der Waals surface area contributed by atoms with Gasteiger partial charge in [-0.2, -0.15) is 11.8 Å². The van der Waals surface area contributed by atoms with Crippen LogP contribution in [0.4, 0.5) is 0 Å². The summed E-state index contributed by atoms with van der Waals surface area (Å²) in [6, 6.07) is 0.448. The molecule has 4 aliphatic carbocycles. The molecular formula is C17H29NOS. The first-order valence-corrected chi connectivity index (χ1v) is 9.73. The van der Waals surface area contributed by atoms with E-state index < -0.39 is 0 Å². The number of ether oxygens (including phenoxy) is 1. The van der Waals surface area contributed by atoms with Crippen molar-refractivity contribution in [3.05, 3.63) is 0 Å². The summed E-state index contributed by atoms with van der Waals surface area (Å²) >= 11 is 2.15. The lowest BCUT2D eigenvalue weighted by Gasteiger charge is -2.59. The standard InChI is InChI=1S/C17H29NOS/c18-16(11-20-15-1-3-19-4-2-15)17-8-12-5-13(9-17)7-14(6-12)10-17/h12-16H,1-11,18H2. The molecule has 114 valence electrons. The molecule has 0 aromatic rings. The van der Waals surface area contributed by atoms with Gasteiger partial charge in [0.1, 0.15) is 0 Å². The molecule has 1 heterocycles. The van der Waals surface area contributed by atoms with Crippen molar-refractivity contribution in [3.63, 3.8) is 0 Å². The lowest BCUT2D eigenvalue weighted by molar-refractivity contribution is -0.0629. The molecule has 5 fully saturated rings. The van der Waals surface area contributed by atoms with Crippen molar-refractivity contribution >= 4 is 11.8 Å². The van der Waals surface area contributed by atoms with Crippen LogP contribution >= 0.6 is 11.8 Å². The van der Waals surface area contributed by atoms with Crippen molar-refractivity contribution < 1.29 is 4.74 Å². The van der Waals surface area contributed by atoms with Crippen LogP contribution in [0.5, 0.6) is 0 Å². The molecule has 0 radical (unpaired) electrons. The van der Waals surface area contributed by atoms with Gasteiger partial charge in [-0.05, 0) is 74.5 Å². The Hall–Kier alpha value is 0.270. The second-order valence-electron chi connectivity index (χ2n) is 8.03. The SMILES string of the molecule is NC(CSC1CCOCC1)C12CC3CC(CC(C3)C1)C2. The predicted molar refractivity (Wildman–Crippen MR) is 84.9 cm³/mol. The molecular weight excluding hydrogens is 266 g/mol. The van der Waals surface area contributed by atoms with Gasteiger partial charge in [0.05, 0.1) is 0 Å². The van der Waals surface area contributed by atoms with Crippen molar-refractivity contribution in [2.24, 2.45) is 28.9 Å². The maximum absolute atomic E-state index is 6.74. The topological polar surface area (TPSA) is 35.2 Å². The first-order valence-electron chi connectivity index (χ1n) is 8.68. The molecule has 1 unspecified atom stereocenters. The first-order chi connectivity index (χ1) is 9.73. The molecule has 0 spiro atoms. The van der Waals surface area contributed by atoms with Crippen LogP contribution in [-0.4, -0.2) is 30.3 Å². The lowest BCUT2D eigenvalue weighted by Crippen LogP contribution is -2.55. The Balaban J connectivity index is 1.36. The summed E-state index contributed by atoms with van der Waals surface area (Å²) in [6.07, 6.45) is 11.4. The van der Waals surface area contributed by atoms with E-state index in [9.17, 15) is 0 Å². The molecule has 1 atom stereocenters. The Labute approximate surface area is 127 Å². The van der Waals surface area contributed by atoms with Crippen LogP contribution in [0.1, 0.15) is 51.4 Å². The van der Waals surface area contributed by atoms with E-state index >= 15 is 0 Å². The maximum atomic E-state index is 6.74. The molecule has 2 N–H and O–H groups in total. The highest BCUT2D eigenvalue weighted by Gasteiger charge is 2.53. The molecule has 1 saturated heterocycles. The minimum absolute atomic E-state index is 0.448. The zero-order valence-electron chi connectivity index (χ0n) is 12.6. The minimum Gasteiger partial charge on any atom is -0.381 e. The number of rotatable bonds is 4. The van der Waals surface area contributed by atoms with E-state index in [0.29, 0.717) is 11.5 Å². The van der Waals surface area contributed by atoms with Crippen molar-refractivity contribution in [2.45, 2.75) is 62.7 Å². The van der Waals surface area contributed by atoms with Crippen molar-refractivity contribution in [3.8, 4) is 0 Å². The summed E-state index contributed by atoms with van der Waals surface area (Å²) in [5.41, 5.74) is 7.27. The van der Waals surface area contributed by atoms with Gasteiger partial charge in [0.2, 0.25) is 0 Å². The Morgan fingerprint density at radius 3 is 2.10 bits per heavy atom. The maximum Gasteiger partial charge on any atom is 0.0476 e. The summed E-state index contributed by atoms with van der Waals surface area (Å²) in [6.45, 7) is 1.93. The second-order valence-corrected chi connectivity index (χ2v) is 9.36. The van der Waals surface area contributed by atoms with Crippen LogP contribution in [0.15, 0.2) is 0 Å². The smallest absolute Gasteiger partial charge is 0.0476 e. The van der Waals surface area contributed by atoms with Crippen molar-refractivity contribution in [2.75, 3.05) is 19.0 Å². The minimum atomic E-state index is 0.448. The average Bonchev–Trinajstić information content (AvgIpc) is 2.44. The molecule has 0 amide bonds. The van der Waals surface area contributed by atoms with E-state index in [1.165, 1.54) is 57.1 Å². The summed E-state index contributed by atoms with van der Waals surface area (Å²) in [7, 11) is 0. The fourth-order valence-electron chi connectivity index (χ4n) is 5.89. The number of nitrogens with two attached hydrogens (primary N) is 1. The zero-order valence-corrected chi connectivity index (χ0v) is 13.4. The third-order valence-electron chi connectivity index (χ3n) is 6.55. The molecule has 4 saturated carbocycles. The summed E-state index contributed by atoms with van der Waals surface area (Å²) in [5.74, 6) is 4.28. The molecule has 1 aliphatic heterocycles. The van der Waals surface area contributed by atoms with Gasteiger partial charge < -0.3 is 10.5 Å². The van der Waals surface area contributed by atoms with Crippen LogP contribution < -0.4 is 5.73 Å². The van der Waals surface area contributed by atoms with Gasteiger partial charge in [0.15, 0.2) is 0 Å².